The van der Waals surface area contributed by atoms with Crippen LogP contribution in [0.4, 0.5) is 0 Å². The molecule has 1 aromatic heterocycles. The van der Waals surface area contributed by atoms with E-state index in [1.54, 1.807) is 30.1 Å². The first-order chi connectivity index (χ1) is 8.18. The fourth-order valence-corrected chi connectivity index (χ4v) is 1.64. The second kappa shape index (κ2) is 4.78. The van der Waals surface area contributed by atoms with Crippen LogP contribution < -0.4 is 0 Å². The molecular weight excluding hydrogens is 212 g/mol. The number of rotatable bonds is 3. The van der Waals surface area contributed by atoms with Crippen LogP contribution in [0.3, 0.4) is 0 Å². The Labute approximate surface area is 100 Å². The van der Waals surface area contributed by atoms with Gasteiger partial charge in [-0.25, -0.2) is 0 Å². The Morgan fingerprint density at radius 3 is 2.71 bits per heavy atom. The highest BCUT2D eigenvalue weighted by Crippen LogP contribution is 2.10. The first-order valence-corrected chi connectivity index (χ1v) is 5.44. The van der Waals surface area contributed by atoms with Gasteiger partial charge >= 0.3 is 0 Å². The number of nitrogens with zero attached hydrogens (tertiary/aromatic N) is 2. The number of carbonyl (C=O) groups is 1. The lowest BCUT2D eigenvalue weighted by atomic mass is 10.1. The van der Waals surface area contributed by atoms with Crippen LogP contribution in [0.2, 0.25) is 0 Å². The monoisotopic (exact) mass is 226 g/mol. The molecule has 1 heterocycles. The third-order valence-electron chi connectivity index (χ3n) is 2.68. The van der Waals surface area contributed by atoms with Crippen LogP contribution in [0.1, 0.15) is 21.6 Å². The van der Waals surface area contributed by atoms with Crippen molar-refractivity contribution in [2.24, 2.45) is 7.05 Å². The van der Waals surface area contributed by atoms with Crippen LogP contribution in [0.15, 0.2) is 42.6 Å². The summed E-state index contributed by atoms with van der Waals surface area (Å²) in [5.74, 6) is -0.0340. The van der Waals surface area contributed by atoms with E-state index in [0.717, 1.165) is 11.1 Å². The molecule has 2 aromatic rings. The summed E-state index contributed by atoms with van der Waals surface area (Å²) in [5.41, 5.74) is 2.81. The van der Waals surface area contributed by atoms with E-state index in [2.05, 4.69) is 5.10 Å². The van der Waals surface area contributed by atoms with E-state index in [9.17, 15) is 4.79 Å². The molecule has 0 fully saturated rings. The number of hydrogen-bond acceptors (Lipinski definition) is 2. The number of allylic oxidation sites excluding steroid dienone is 1. The summed E-state index contributed by atoms with van der Waals surface area (Å²) in [6.45, 7) is 2.02. The lowest BCUT2D eigenvalue weighted by Gasteiger charge is -1.99. The van der Waals surface area contributed by atoms with Crippen LogP contribution >= 0.6 is 0 Å². The van der Waals surface area contributed by atoms with E-state index < -0.39 is 0 Å². The number of benzene rings is 1. The zero-order chi connectivity index (χ0) is 12.3. The highest BCUT2D eigenvalue weighted by Gasteiger charge is 2.05. The molecule has 2 rings (SSSR count). The molecule has 0 atom stereocenters. The Morgan fingerprint density at radius 1 is 1.29 bits per heavy atom. The molecule has 86 valence electrons. The lowest BCUT2D eigenvalue weighted by molar-refractivity contribution is 0.103. The maximum atomic E-state index is 11.9. The molecule has 17 heavy (non-hydrogen) atoms. The van der Waals surface area contributed by atoms with Crippen molar-refractivity contribution in [3.63, 3.8) is 0 Å². The van der Waals surface area contributed by atoms with Gasteiger partial charge in [0.1, 0.15) is 5.69 Å². The van der Waals surface area contributed by atoms with E-state index in [-0.39, 0.29) is 5.78 Å². The molecule has 0 aliphatic rings. The molecule has 0 bridgehead atoms. The van der Waals surface area contributed by atoms with Gasteiger partial charge in [0.05, 0.1) is 0 Å². The highest BCUT2D eigenvalue weighted by atomic mass is 16.1. The van der Waals surface area contributed by atoms with Crippen LogP contribution in [-0.2, 0) is 7.05 Å². The summed E-state index contributed by atoms with van der Waals surface area (Å²) >= 11 is 0. The Balaban J connectivity index is 2.20. The summed E-state index contributed by atoms with van der Waals surface area (Å²) in [6, 6.07) is 9.66. The van der Waals surface area contributed by atoms with Crippen molar-refractivity contribution in [2.45, 2.75) is 6.92 Å². The Kier molecular flexibility index (Phi) is 3.19. The van der Waals surface area contributed by atoms with Crippen molar-refractivity contribution in [3.8, 4) is 0 Å². The SMILES string of the molecule is Cc1ccccc1/C=C/C(=O)c1ccnn1C. The average Bonchev–Trinajstić information content (AvgIpc) is 2.74. The quantitative estimate of drug-likeness (QED) is 0.595. The van der Waals surface area contributed by atoms with Gasteiger partial charge in [-0.1, -0.05) is 30.3 Å². The highest BCUT2D eigenvalue weighted by molar-refractivity contribution is 6.05. The lowest BCUT2D eigenvalue weighted by Crippen LogP contribution is -2.03. The summed E-state index contributed by atoms with van der Waals surface area (Å²) < 4.78 is 1.57. The molecule has 0 aliphatic heterocycles. The standard InChI is InChI=1S/C14H14N2O/c1-11-5-3-4-6-12(11)7-8-14(17)13-9-10-15-16(13)2/h3-10H,1-2H3/b8-7+. The van der Waals surface area contributed by atoms with Gasteiger partial charge in [0.15, 0.2) is 0 Å². The van der Waals surface area contributed by atoms with Crippen LogP contribution in [0.25, 0.3) is 6.08 Å². The van der Waals surface area contributed by atoms with E-state index in [4.69, 9.17) is 0 Å². The van der Waals surface area contributed by atoms with Gasteiger partial charge in [0.25, 0.3) is 0 Å². The Hall–Kier alpha value is -2.16. The molecule has 0 radical (unpaired) electrons. The van der Waals surface area contributed by atoms with Crippen LogP contribution in [0, 0.1) is 6.92 Å². The smallest absolute Gasteiger partial charge is 0.203 e. The van der Waals surface area contributed by atoms with Crippen molar-refractivity contribution in [2.75, 3.05) is 0 Å². The Bertz CT molecular complexity index is 567. The van der Waals surface area contributed by atoms with Gasteiger partial charge in [-0.3, -0.25) is 9.48 Å². The molecule has 0 aliphatic carbocycles. The zero-order valence-electron chi connectivity index (χ0n) is 9.92. The van der Waals surface area contributed by atoms with Gasteiger partial charge in [0.2, 0.25) is 5.78 Å². The van der Waals surface area contributed by atoms with Gasteiger partial charge in [-0.15, -0.1) is 0 Å². The first-order valence-electron chi connectivity index (χ1n) is 5.44. The molecular formula is C14H14N2O. The maximum absolute atomic E-state index is 11.9. The topological polar surface area (TPSA) is 34.9 Å². The van der Waals surface area contributed by atoms with Gasteiger partial charge in [-0.2, -0.15) is 5.10 Å². The number of carbonyl (C=O) groups excluding carboxylic acids is 1. The summed E-state index contributed by atoms with van der Waals surface area (Å²) in [7, 11) is 1.76. The third kappa shape index (κ3) is 2.50. The fourth-order valence-electron chi connectivity index (χ4n) is 1.64. The largest absolute Gasteiger partial charge is 0.288 e. The minimum absolute atomic E-state index is 0.0340. The van der Waals surface area contributed by atoms with E-state index in [0.29, 0.717) is 5.69 Å². The van der Waals surface area contributed by atoms with Crippen molar-refractivity contribution < 1.29 is 4.79 Å². The normalized spacial score (nSPS) is 10.9. The Morgan fingerprint density at radius 2 is 2.06 bits per heavy atom. The maximum Gasteiger partial charge on any atom is 0.203 e. The minimum atomic E-state index is -0.0340. The zero-order valence-corrected chi connectivity index (χ0v) is 9.92. The molecule has 1 aromatic carbocycles. The van der Waals surface area contributed by atoms with Gasteiger partial charge in [-0.05, 0) is 30.2 Å². The summed E-state index contributed by atoms with van der Waals surface area (Å²) in [6.07, 6.45) is 5.04. The number of hydrogen-bond donors (Lipinski definition) is 0. The van der Waals surface area contributed by atoms with Crippen molar-refractivity contribution >= 4 is 11.9 Å². The van der Waals surface area contributed by atoms with Crippen molar-refractivity contribution in [1.29, 1.82) is 0 Å². The minimum Gasteiger partial charge on any atom is -0.288 e. The molecule has 3 heteroatoms. The number of ketones is 1. The fraction of sp³-hybridized carbons (Fsp3) is 0.143. The van der Waals surface area contributed by atoms with E-state index in [1.165, 1.54) is 0 Å². The average molecular weight is 226 g/mol. The molecule has 0 saturated carbocycles. The van der Waals surface area contributed by atoms with Crippen molar-refractivity contribution in [3.05, 3.63) is 59.4 Å². The molecule has 0 saturated heterocycles. The predicted molar refractivity (Wildman–Crippen MR) is 67.8 cm³/mol. The van der Waals surface area contributed by atoms with E-state index in [1.807, 2.05) is 37.3 Å². The number of aromatic nitrogens is 2. The second-order valence-corrected chi connectivity index (χ2v) is 3.89. The van der Waals surface area contributed by atoms with Gasteiger partial charge in [0, 0.05) is 13.2 Å². The van der Waals surface area contributed by atoms with Crippen LogP contribution in [0.5, 0.6) is 0 Å². The van der Waals surface area contributed by atoms with Gasteiger partial charge < -0.3 is 0 Å². The molecule has 0 unspecified atom stereocenters. The van der Waals surface area contributed by atoms with Crippen molar-refractivity contribution in [1.82, 2.24) is 9.78 Å². The molecule has 0 N–H and O–H groups in total. The number of aryl methyl sites for hydroxylation is 2. The molecule has 3 nitrogen and oxygen atoms in total. The summed E-state index contributed by atoms with van der Waals surface area (Å²) in [5, 5.41) is 3.97. The predicted octanol–water partition coefficient (Wildman–Crippen LogP) is 2.62. The molecule has 0 amide bonds. The third-order valence-corrected chi connectivity index (χ3v) is 2.68. The first kappa shape index (κ1) is 11.3. The van der Waals surface area contributed by atoms with Crippen LogP contribution in [-0.4, -0.2) is 15.6 Å². The second-order valence-electron chi connectivity index (χ2n) is 3.89. The molecule has 0 spiro atoms. The van der Waals surface area contributed by atoms with E-state index >= 15 is 0 Å². The summed E-state index contributed by atoms with van der Waals surface area (Å²) in [4.78, 5) is 11.9.